The number of hydrogen-bond acceptors (Lipinski definition) is 5. The Morgan fingerprint density at radius 2 is 2.05 bits per heavy atom. The standard InChI is InChI=1S/C14H19N3OS/c1-18-12-4-2-11(3-5-12)13-10-19-14(17-13)6-8-16-9-7-15/h2-5,10,16H,6-9,15H2,1H3. The maximum atomic E-state index is 5.43. The second-order valence-corrected chi connectivity index (χ2v) is 5.09. The summed E-state index contributed by atoms with van der Waals surface area (Å²) in [6.07, 6.45) is 0.945. The molecule has 2 aromatic rings. The minimum absolute atomic E-state index is 0.676. The van der Waals surface area contributed by atoms with Gasteiger partial charge in [0.05, 0.1) is 17.8 Å². The average Bonchev–Trinajstić information content (AvgIpc) is 2.92. The van der Waals surface area contributed by atoms with E-state index in [0.717, 1.165) is 41.5 Å². The SMILES string of the molecule is COc1ccc(-c2csc(CCNCCN)n2)cc1. The fourth-order valence-corrected chi connectivity index (χ4v) is 2.55. The maximum Gasteiger partial charge on any atom is 0.118 e. The van der Waals surface area contributed by atoms with Crippen LogP contribution in [0.25, 0.3) is 11.3 Å². The first-order valence-electron chi connectivity index (χ1n) is 6.33. The van der Waals surface area contributed by atoms with E-state index in [4.69, 9.17) is 10.5 Å². The molecule has 3 N–H and O–H groups in total. The number of rotatable bonds is 7. The molecule has 1 heterocycles. The molecule has 4 nitrogen and oxygen atoms in total. The molecule has 0 aliphatic heterocycles. The number of methoxy groups -OCH3 is 1. The largest absolute Gasteiger partial charge is 0.497 e. The third-order valence-corrected chi connectivity index (χ3v) is 3.68. The minimum Gasteiger partial charge on any atom is -0.497 e. The third kappa shape index (κ3) is 4.02. The molecule has 1 aromatic heterocycles. The summed E-state index contributed by atoms with van der Waals surface area (Å²) >= 11 is 1.70. The van der Waals surface area contributed by atoms with Crippen molar-refractivity contribution in [3.63, 3.8) is 0 Å². The Morgan fingerprint density at radius 3 is 2.74 bits per heavy atom. The molecule has 0 atom stereocenters. The number of nitrogens with two attached hydrogens (primary N) is 1. The van der Waals surface area contributed by atoms with Gasteiger partial charge in [-0.3, -0.25) is 0 Å². The lowest BCUT2D eigenvalue weighted by Crippen LogP contribution is -2.24. The second-order valence-electron chi connectivity index (χ2n) is 4.14. The van der Waals surface area contributed by atoms with E-state index in [1.165, 1.54) is 0 Å². The number of ether oxygens (including phenoxy) is 1. The van der Waals surface area contributed by atoms with Crippen LogP contribution in [-0.4, -0.2) is 31.7 Å². The normalized spacial score (nSPS) is 10.6. The molecular formula is C14H19N3OS. The van der Waals surface area contributed by atoms with Gasteiger partial charge in [0, 0.05) is 37.0 Å². The lowest BCUT2D eigenvalue weighted by molar-refractivity contribution is 0.415. The summed E-state index contributed by atoms with van der Waals surface area (Å²) < 4.78 is 5.15. The first-order valence-corrected chi connectivity index (χ1v) is 7.21. The fourth-order valence-electron chi connectivity index (χ4n) is 1.74. The van der Waals surface area contributed by atoms with Crippen LogP contribution in [0.3, 0.4) is 0 Å². The number of benzene rings is 1. The monoisotopic (exact) mass is 277 g/mol. The van der Waals surface area contributed by atoms with Gasteiger partial charge in [-0.25, -0.2) is 4.98 Å². The molecule has 0 fully saturated rings. The fraction of sp³-hybridized carbons (Fsp3) is 0.357. The summed E-state index contributed by atoms with van der Waals surface area (Å²) in [5.74, 6) is 0.866. The van der Waals surface area contributed by atoms with Gasteiger partial charge in [0.2, 0.25) is 0 Å². The zero-order valence-corrected chi connectivity index (χ0v) is 11.9. The maximum absolute atomic E-state index is 5.43. The molecule has 0 aliphatic rings. The van der Waals surface area contributed by atoms with Gasteiger partial charge in [-0.2, -0.15) is 0 Å². The van der Waals surface area contributed by atoms with Crippen LogP contribution in [-0.2, 0) is 6.42 Å². The molecule has 19 heavy (non-hydrogen) atoms. The van der Waals surface area contributed by atoms with Crippen LogP contribution in [0.15, 0.2) is 29.6 Å². The van der Waals surface area contributed by atoms with Crippen molar-refractivity contribution in [2.75, 3.05) is 26.7 Å². The van der Waals surface area contributed by atoms with Crippen molar-refractivity contribution in [2.45, 2.75) is 6.42 Å². The second kappa shape index (κ2) is 7.23. The van der Waals surface area contributed by atoms with Gasteiger partial charge < -0.3 is 15.8 Å². The van der Waals surface area contributed by atoms with E-state index in [9.17, 15) is 0 Å². The van der Waals surface area contributed by atoms with Gasteiger partial charge in [0.1, 0.15) is 5.75 Å². The molecule has 0 saturated carbocycles. The van der Waals surface area contributed by atoms with Crippen molar-refractivity contribution in [1.82, 2.24) is 10.3 Å². The Morgan fingerprint density at radius 1 is 1.26 bits per heavy atom. The van der Waals surface area contributed by atoms with Crippen molar-refractivity contribution in [3.05, 3.63) is 34.7 Å². The average molecular weight is 277 g/mol. The molecule has 0 bridgehead atoms. The Labute approximate surface area is 117 Å². The summed E-state index contributed by atoms with van der Waals surface area (Å²) in [6.45, 7) is 2.46. The summed E-state index contributed by atoms with van der Waals surface area (Å²) in [4.78, 5) is 4.64. The highest BCUT2D eigenvalue weighted by molar-refractivity contribution is 7.09. The van der Waals surface area contributed by atoms with Crippen molar-refractivity contribution < 1.29 is 4.74 Å². The quantitative estimate of drug-likeness (QED) is 0.759. The van der Waals surface area contributed by atoms with Gasteiger partial charge in [-0.05, 0) is 24.3 Å². The topological polar surface area (TPSA) is 60.2 Å². The van der Waals surface area contributed by atoms with Crippen LogP contribution >= 0.6 is 11.3 Å². The van der Waals surface area contributed by atoms with Crippen molar-refractivity contribution in [2.24, 2.45) is 5.73 Å². The van der Waals surface area contributed by atoms with Gasteiger partial charge in [0.25, 0.3) is 0 Å². The zero-order valence-electron chi connectivity index (χ0n) is 11.1. The first-order chi connectivity index (χ1) is 9.33. The van der Waals surface area contributed by atoms with E-state index in [0.29, 0.717) is 6.54 Å². The van der Waals surface area contributed by atoms with Crippen LogP contribution in [0.2, 0.25) is 0 Å². The molecule has 0 amide bonds. The number of nitrogens with zero attached hydrogens (tertiary/aromatic N) is 1. The molecule has 5 heteroatoms. The van der Waals surface area contributed by atoms with E-state index in [2.05, 4.69) is 15.7 Å². The highest BCUT2D eigenvalue weighted by Gasteiger charge is 2.04. The van der Waals surface area contributed by atoms with Gasteiger partial charge in [-0.1, -0.05) is 0 Å². The predicted octanol–water partition coefficient (Wildman–Crippen LogP) is 1.91. The van der Waals surface area contributed by atoms with Gasteiger partial charge in [-0.15, -0.1) is 11.3 Å². The Kier molecular flexibility index (Phi) is 5.32. The van der Waals surface area contributed by atoms with Gasteiger partial charge in [0.15, 0.2) is 0 Å². The van der Waals surface area contributed by atoms with Crippen LogP contribution in [0.5, 0.6) is 5.75 Å². The van der Waals surface area contributed by atoms with Crippen molar-refractivity contribution >= 4 is 11.3 Å². The number of nitrogens with one attached hydrogen (secondary N) is 1. The van der Waals surface area contributed by atoms with Crippen molar-refractivity contribution in [3.8, 4) is 17.0 Å². The van der Waals surface area contributed by atoms with E-state index >= 15 is 0 Å². The highest BCUT2D eigenvalue weighted by Crippen LogP contribution is 2.24. The van der Waals surface area contributed by atoms with Crippen molar-refractivity contribution in [1.29, 1.82) is 0 Å². The van der Waals surface area contributed by atoms with E-state index < -0.39 is 0 Å². The van der Waals surface area contributed by atoms with Gasteiger partial charge >= 0.3 is 0 Å². The van der Waals surface area contributed by atoms with Crippen LogP contribution in [0, 0.1) is 0 Å². The predicted molar refractivity (Wildman–Crippen MR) is 79.7 cm³/mol. The Hall–Kier alpha value is -1.43. The zero-order chi connectivity index (χ0) is 13.5. The summed E-state index contributed by atoms with van der Waals surface area (Å²) in [5.41, 5.74) is 7.58. The Balaban J connectivity index is 1.95. The van der Waals surface area contributed by atoms with Crippen LogP contribution in [0.1, 0.15) is 5.01 Å². The Bertz CT molecular complexity index is 496. The minimum atomic E-state index is 0.676. The molecule has 102 valence electrons. The molecule has 2 rings (SSSR count). The van der Waals surface area contributed by atoms with E-state index in [-0.39, 0.29) is 0 Å². The number of hydrogen-bond donors (Lipinski definition) is 2. The van der Waals surface area contributed by atoms with E-state index in [1.54, 1.807) is 18.4 Å². The molecule has 0 unspecified atom stereocenters. The summed E-state index contributed by atoms with van der Waals surface area (Å²) in [7, 11) is 1.67. The molecule has 1 aromatic carbocycles. The highest BCUT2D eigenvalue weighted by atomic mass is 32.1. The first kappa shape index (κ1) is 14.0. The summed E-state index contributed by atoms with van der Waals surface area (Å²) in [6, 6.07) is 7.98. The van der Waals surface area contributed by atoms with Crippen LogP contribution in [0.4, 0.5) is 0 Å². The van der Waals surface area contributed by atoms with Crippen LogP contribution < -0.4 is 15.8 Å². The number of thiazole rings is 1. The molecule has 0 aliphatic carbocycles. The molecule has 0 radical (unpaired) electrons. The molecule has 0 saturated heterocycles. The third-order valence-electron chi connectivity index (χ3n) is 2.77. The molecular weight excluding hydrogens is 258 g/mol. The smallest absolute Gasteiger partial charge is 0.118 e. The lowest BCUT2D eigenvalue weighted by Gasteiger charge is -2.01. The van der Waals surface area contributed by atoms with E-state index in [1.807, 2.05) is 24.3 Å². The summed E-state index contributed by atoms with van der Waals surface area (Å²) in [5, 5.41) is 6.52. The molecule has 0 spiro atoms. The lowest BCUT2D eigenvalue weighted by atomic mass is 10.2. The number of aromatic nitrogens is 1.